The lowest BCUT2D eigenvalue weighted by Gasteiger charge is -2.09. The van der Waals surface area contributed by atoms with E-state index >= 15 is 0 Å². The van der Waals surface area contributed by atoms with Crippen molar-refractivity contribution >= 4 is 5.82 Å². The van der Waals surface area contributed by atoms with E-state index in [2.05, 4.69) is 10.3 Å². The lowest BCUT2D eigenvalue weighted by atomic mass is 10.3. The molecule has 0 atom stereocenters. The standard InChI is InChI=1S/C12H14N2O2/c1-9-5-6-11(15-2)12(14-9)13-8-10-4-3-7-16-10/h3-7H,8H2,1-2H3,(H,13,14). The number of pyridine rings is 1. The molecule has 16 heavy (non-hydrogen) atoms. The summed E-state index contributed by atoms with van der Waals surface area (Å²) in [6.07, 6.45) is 1.65. The second-order valence-electron chi connectivity index (χ2n) is 3.44. The van der Waals surface area contributed by atoms with E-state index in [1.165, 1.54) is 0 Å². The van der Waals surface area contributed by atoms with E-state index in [4.69, 9.17) is 9.15 Å². The highest BCUT2D eigenvalue weighted by molar-refractivity contribution is 5.50. The molecule has 0 aliphatic heterocycles. The first-order chi connectivity index (χ1) is 7.79. The Bertz CT molecular complexity index is 452. The molecule has 0 unspecified atom stereocenters. The highest BCUT2D eigenvalue weighted by atomic mass is 16.5. The van der Waals surface area contributed by atoms with Gasteiger partial charge in [-0.1, -0.05) is 0 Å². The van der Waals surface area contributed by atoms with Gasteiger partial charge < -0.3 is 14.5 Å². The van der Waals surface area contributed by atoms with Crippen molar-refractivity contribution in [1.82, 2.24) is 4.98 Å². The topological polar surface area (TPSA) is 47.3 Å². The molecule has 2 aromatic heterocycles. The van der Waals surface area contributed by atoms with Gasteiger partial charge >= 0.3 is 0 Å². The molecule has 2 heterocycles. The van der Waals surface area contributed by atoms with Crippen molar-refractivity contribution in [2.75, 3.05) is 12.4 Å². The van der Waals surface area contributed by atoms with Crippen LogP contribution in [0.1, 0.15) is 11.5 Å². The number of nitrogens with zero attached hydrogens (tertiary/aromatic N) is 1. The van der Waals surface area contributed by atoms with Crippen LogP contribution in [0.15, 0.2) is 34.9 Å². The zero-order valence-corrected chi connectivity index (χ0v) is 9.36. The summed E-state index contributed by atoms with van der Waals surface area (Å²) in [4.78, 5) is 4.37. The minimum atomic E-state index is 0.597. The molecule has 0 saturated carbocycles. The van der Waals surface area contributed by atoms with Crippen LogP contribution in [0.3, 0.4) is 0 Å². The minimum absolute atomic E-state index is 0.597. The van der Waals surface area contributed by atoms with Crippen LogP contribution in [0, 0.1) is 6.92 Å². The van der Waals surface area contributed by atoms with E-state index < -0.39 is 0 Å². The number of aryl methyl sites for hydroxylation is 1. The molecule has 2 rings (SSSR count). The zero-order valence-electron chi connectivity index (χ0n) is 9.36. The van der Waals surface area contributed by atoms with Gasteiger partial charge in [-0.15, -0.1) is 0 Å². The normalized spacial score (nSPS) is 10.1. The number of nitrogens with one attached hydrogen (secondary N) is 1. The molecule has 4 heteroatoms. The molecule has 2 aromatic rings. The highest BCUT2D eigenvalue weighted by Crippen LogP contribution is 2.22. The average molecular weight is 218 g/mol. The van der Waals surface area contributed by atoms with Crippen LogP contribution in [0.2, 0.25) is 0 Å². The number of furan rings is 1. The van der Waals surface area contributed by atoms with Gasteiger partial charge in [0, 0.05) is 5.69 Å². The van der Waals surface area contributed by atoms with Crippen molar-refractivity contribution in [2.24, 2.45) is 0 Å². The SMILES string of the molecule is COc1ccc(C)nc1NCc1ccco1. The van der Waals surface area contributed by atoms with Crippen LogP contribution in [0.5, 0.6) is 5.75 Å². The Morgan fingerprint density at radius 1 is 1.38 bits per heavy atom. The molecule has 0 aliphatic carbocycles. The third kappa shape index (κ3) is 2.34. The number of ether oxygens (including phenoxy) is 1. The summed E-state index contributed by atoms with van der Waals surface area (Å²) in [6.45, 7) is 2.54. The molecule has 0 saturated heterocycles. The lowest BCUT2D eigenvalue weighted by Crippen LogP contribution is -2.03. The van der Waals surface area contributed by atoms with Crippen molar-refractivity contribution in [1.29, 1.82) is 0 Å². The van der Waals surface area contributed by atoms with Crippen LogP contribution in [-0.4, -0.2) is 12.1 Å². The quantitative estimate of drug-likeness (QED) is 0.856. The summed E-state index contributed by atoms with van der Waals surface area (Å²) in [6, 6.07) is 7.58. The molecule has 0 aromatic carbocycles. The lowest BCUT2D eigenvalue weighted by molar-refractivity contribution is 0.414. The van der Waals surface area contributed by atoms with Gasteiger partial charge in [0.05, 0.1) is 19.9 Å². The molecule has 0 radical (unpaired) electrons. The number of methoxy groups -OCH3 is 1. The molecule has 1 N–H and O–H groups in total. The van der Waals surface area contributed by atoms with Crippen molar-refractivity contribution in [3.8, 4) is 5.75 Å². The Balaban J connectivity index is 2.11. The Hall–Kier alpha value is -1.97. The van der Waals surface area contributed by atoms with Crippen LogP contribution in [0.4, 0.5) is 5.82 Å². The maximum absolute atomic E-state index is 5.23. The average Bonchev–Trinajstić information content (AvgIpc) is 2.79. The summed E-state index contributed by atoms with van der Waals surface area (Å²) >= 11 is 0. The molecule has 84 valence electrons. The van der Waals surface area contributed by atoms with Crippen molar-refractivity contribution in [3.05, 3.63) is 42.0 Å². The van der Waals surface area contributed by atoms with Crippen LogP contribution >= 0.6 is 0 Å². The van der Waals surface area contributed by atoms with E-state index in [-0.39, 0.29) is 0 Å². The maximum atomic E-state index is 5.23. The summed E-state index contributed by atoms with van der Waals surface area (Å²) in [7, 11) is 1.63. The van der Waals surface area contributed by atoms with E-state index in [1.54, 1.807) is 13.4 Å². The van der Waals surface area contributed by atoms with E-state index in [9.17, 15) is 0 Å². The summed E-state index contributed by atoms with van der Waals surface area (Å²) < 4.78 is 10.4. The number of hydrogen-bond acceptors (Lipinski definition) is 4. The third-order valence-electron chi connectivity index (χ3n) is 2.23. The second kappa shape index (κ2) is 4.70. The Kier molecular flexibility index (Phi) is 3.10. The van der Waals surface area contributed by atoms with E-state index in [0.717, 1.165) is 23.0 Å². The Morgan fingerprint density at radius 3 is 2.94 bits per heavy atom. The maximum Gasteiger partial charge on any atom is 0.169 e. The number of anilines is 1. The first kappa shape index (κ1) is 10.5. The molecular formula is C12H14N2O2. The van der Waals surface area contributed by atoms with Crippen molar-refractivity contribution in [2.45, 2.75) is 13.5 Å². The molecule has 0 fully saturated rings. The fourth-order valence-corrected chi connectivity index (χ4v) is 1.42. The molecule has 0 spiro atoms. The van der Waals surface area contributed by atoms with E-state index in [0.29, 0.717) is 6.54 Å². The van der Waals surface area contributed by atoms with Crippen LogP contribution in [0.25, 0.3) is 0 Å². The summed E-state index contributed by atoms with van der Waals surface area (Å²) in [5.74, 6) is 2.33. The van der Waals surface area contributed by atoms with Gasteiger partial charge in [0.15, 0.2) is 11.6 Å². The summed E-state index contributed by atoms with van der Waals surface area (Å²) in [5, 5.41) is 3.18. The Morgan fingerprint density at radius 2 is 2.25 bits per heavy atom. The van der Waals surface area contributed by atoms with E-state index in [1.807, 2.05) is 31.2 Å². The zero-order chi connectivity index (χ0) is 11.4. The molecule has 4 nitrogen and oxygen atoms in total. The van der Waals surface area contributed by atoms with Gasteiger partial charge in [-0.05, 0) is 31.2 Å². The first-order valence-corrected chi connectivity index (χ1v) is 5.07. The largest absolute Gasteiger partial charge is 0.493 e. The van der Waals surface area contributed by atoms with Gasteiger partial charge in [-0.3, -0.25) is 0 Å². The molecule has 0 bridgehead atoms. The van der Waals surface area contributed by atoms with Crippen molar-refractivity contribution in [3.63, 3.8) is 0 Å². The van der Waals surface area contributed by atoms with Crippen molar-refractivity contribution < 1.29 is 9.15 Å². The Labute approximate surface area is 94.3 Å². The number of aromatic nitrogens is 1. The van der Waals surface area contributed by atoms with Crippen LogP contribution < -0.4 is 10.1 Å². The smallest absolute Gasteiger partial charge is 0.169 e. The second-order valence-corrected chi connectivity index (χ2v) is 3.44. The molecular weight excluding hydrogens is 204 g/mol. The van der Waals surface area contributed by atoms with Gasteiger partial charge in [0.2, 0.25) is 0 Å². The monoisotopic (exact) mass is 218 g/mol. The minimum Gasteiger partial charge on any atom is -0.493 e. The number of hydrogen-bond donors (Lipinski definition) is 1. The van der Waals surface area contributed by atoms with Gasteiger partial charge in [-0.25, -0.2) is 4.98 Å². The highest BCUT2D eigenvalue weighted by Gasteiger charge is 2.04. The van der Waals surface area contributed by atoms with Gasteiger partial charge in [-0.2, -0.15) is 0 Å². The predicted octanol–water partition coefficient (Wildman–Crippen LogP) is 2.60. The van der Waals surface area contributed by atoms with Gasteiger partial charge in [0.25, 0.3) is 0 Å². The number of rotatable bonds is 4. The predicted molar refractivity (Wildman–Crippen MR) is 61.6 cm³/mol. The van der Waals surface area contributed by atoms with Crippen LogP contribution in [-0.2, 0) is 6.54 Å². The fraction of sp³-hybridized carbons (Fsp3) is 0.250. The summed E-state index contributed by atoms with van der Waals surface area (Å²) in [5.41, 5.74) is 0.947. The first-order valence-electron chi connectivity index (χ1n) is 5.07. The third-order valence-corrected chi connectivity index (χ3v) is 2.23. The molecule has 0 aliphatic rings. The van der Waals surface area contributed by atoms with Gasteiger partial charge in [0.1, 0.15) is 5.76 Å². The molecule has 0 amide bonds. The fourth-order valence-electron chi connectivity index (χ4n) is 1.42.